The van der Waals surface area contributed by atoms with Gasteiger partial charge in [0.25, 0.3) is 0 Å². The van der Waals surface area contributed by atoms with Crippen molar-refractivity contribution in [1.82, 2.24) is 9.13 Å². The molecule has 0 bridgehead atoms. The molecule has 0 spiro atoms. The van der Waals surface area contributed by atoms with E-state index in [1.165, 1.54) is 149 Å². The quantitative estimate of drug-likeness (QED) is 0.129. The first kappa shape index (κ1) is 50.2. The molecule has 0 saturated heterocycles. The molecule has 14 aromatic carbocycles. The lowest BCUT2D eigenvalue weighted by atomic mass is 9.67. The van der Waals surface area contributed by atoms with Crippen LogP contribution in [0.4, 0.5) is 0 Å². The van der Waals surface area contributed by atoms with Gasteiger partial charge >= 0.3 is 0 Å². The van der Waals surface area contributed by atoms with Gasteiger partial charge in [0.2, 0.25) is 0 Å². The minimum atomic E-state index is -0.492. The maximum atomic E-state index is 2.44. The second-order valence-electron chi connectivity index (χ2n) is 23.1. The minimum Gasteiger partial charge on any atom is -0.309 e. The van der Waals surface area contributed by atoms with Crippen LogP contribution in [0.3, 0.4) is 0 Å². The van der Waals surface area contributed by atoms with E-state index in [1.807, 2.05) is 0 Å². The Morgan fingerprint density at radius 3 is 1.16 bits per heavy atom. The monoisotopic (exact) mass is 1100 g/mol. The number of fused-ring (bicyclic) bond motifs is 9. The van der Waals surface area contributed by atoms with Crippen molar-refractivity contribution in [3.05, 3.63) is 362 Å². The van der Waals surface area contributed by atoms with E-state index in [0.717, 1.165) is 5.69 Å². The fraction of sp³-hybridized carbons (Fsp3) is 0.0118. The fourth-order valence-corrected chi connectivity index (χ4v) is 14.4. The van der Waals surface area contributed by atoms with Crippen molar-refractivity contribution in [2.75, 3.05) is 0 Å². The first-order chi connectivity index (χ1) is 43.1. The molecule has 2 heteroatoms. The van der Waals surface area contributed by atoms with Crippen LogP contribution in [-0.2, 0) is 5.41 Å². The van der Waals surface area contributed by atoms with E-state index in [2.05, 4.69) is 349 Å². The van der Waals surface area contributed by atoms with Crippen molar-refractivity contribution < 1.29 is 0 Å². The van der Waals surface area contributed by atoms with Gasteiger partial charge in [0.15, 0.2) is 0 Å². The van der Waals surface area contributed by atoms with Crippen LogP contribution in [0.5, 0.6) is 0 Å². The molecule has 0 unspecified atom stereocenters. The Hall–Kier alpha value is -11.3. The predicted molar refractivity (Wildman–Crippen MR) is 365 cm³/mol. The maximum Gasteiger partial charge on any atom is 0.0713 e. The first-order valence-corrected chi connectivity index (χ1v) is 30.1. The topological polar surface area (TPSA) is 9.86 Å². The molecular weight excluding hydrogens is 1050 g/mol. The summed E-state index contributed by atoms with van der Waals surface area (Å²) in [6.45, 7) is 0. The van der Waals surface area contributed by atoms with Gasteiger partial charge in [0.1, 0.15) is 0 Å². The van der Waals surface area contributed by atoms with Crippen molar-refractivity contribution in [1.29, 1.82) is 0 Å². The molecule has 0 atom stereocenters. The van der Waals surface area contributed by atoms with Gasteiger partial charge in [-0.15, -0.1) is 0 Å². The van der Waals surface area contributed by atoms with Crippen molar-refractivity contribution in [2.24, 2.45) is 0 Å². The SMILES string of the molecule is c1ccc(-c2ccc(C3(c4cccc(-c5ccc(-c6ccc(-c7cccc(-n8c9ccccc9c9cc(-c%10ccc%11c(c%10)c%10ccccc%10n%11-c%10ccccc%10-c%10ccccc%10)ccc98)c7)cc6)cc5)c4)c4ccccc4-c4ccccc43)cc2)cc1. The van der Waals surface area contributed by atoms with E-state index in [9.17, 15) is 0 Å². The molecule has 0 amide bonds. The highest BCUT2D eigenvalue weighted by Crippen LogP contribution is 2.56. The smallest absolute Gasteiger partial charge is 0.0713 e. The Morgan fingerprint density at radius 1 is 0.195 bits per heavy atom. The lowest BCUT2D eigenvalue weighted by molar-refractivity contribution is 0.769. The van der Waals surface area contributed by atoms with Crippen LogP contribution in [0.25, 0.3) is 133 Å². The van der Waals surface area contributed by atoms with E-state index in [-0.39, 0.29) is 0 Å². The zero-order chi connectivity index (χ0) is 57.4. The van der Waals surface area contributed by atoms with Gasteiger partial charge in [-0.3, -0.25) is 0 Å². The minimum absolute atomic E-state index is 0.492. The fourth-order valence-electron chi connectivity index (χ4n) is 14.4. The molecule has 87 heavy (non-hydrogen) atoms. The van der Waals surface area contributed by atoms with E-state index in [0.29, 0.717) is 0 Å². The number of rotatable bonds is 10. The van der Waals surface area contributed by atoms with Crippen molar-refractivity contribution in [3.8, 4) is 89.3 Å². The summed E-state index contributed by atoms with van der Waals surface area (Å²) in [4.78, 5) is 0. The molecular formula is C85H56N2. The van der Waals surface area contributed by atoms with Gasteiger partial charge in [0, 0.05) is 32.8 Å². The summed E-state index contributed by atoms with van der Waals surface area (Å²) in [6, 6.07) is 125. The van der Waals surface area contributed by atoms with Gasteiger partial charge in [-0.25, -0.2) is 0 Å². The highest BCUT2D eigenvalue weighted by Gasteiger charge is 2.46. The van der Waals surface area contributed by atoms with Gasteiger partial charge < -0.3 is 9.13 Å². The molecule has 2 nitrogen and oxygen atoms in total. The Bertz CT molecular complexity index is 5250. The van der Waals surface area contributed by atoms with E-state index in [1.54, 1.807) is 0 Å². The lowest BCUT2D eigenvalue weighted by Crippen LogP contribution is -2.28. The molecule has 2 aromatic heterocycles. The highest BCUT2D eigenvalue weighted by molar-refractivity contribution is 6.13. The number of para-hydroxylation sites is 3. The molecule has 1 aliphatic carbocycles. The molecule has 17 rings (SSSR count). The molecule has 0 N–H and O–H groups in total. The number of aromatic nitrogens is 2. The molecule has 0 radical (unpaired) electrons. The average Bonchev–Trinajstić information content (AvgIpc) is 1.76. The number of hydrogen-bond donors (Lipinski definition) is 0. The van der Waals surface area contributed by atoms with Gasteiger partial charge in [0.05, 0.1) is 33.2 Å². The summed E-state index contributed by atoms with van der Waals surface area (Å²) in [5.74, 6) is 0. The Kier molecular flexibility index (Phi) is 11.8. The molecule has 16 aromatic rings. The third-order valence-corrected chi connectivity index (χ3v) is 18.5. The molecule has 406 valence electrons. The zero-order valence-corrected chi connectivity index (χ0v) is 47.7. The van der Waals surface area contributed by atoms with E-state index >= 15 is 0 Å². The second-order valence-corrected chi connectivity index (χ2v) is 23.1. The summed E-state index contributed by atoms with van der Waals surface area (Å²) in [5, 5.41) is 4.94. The third-order valence-electron chi connectivity index (χ3n) is 18.5. The van der Waals surface area contributed by atoms with Crippen molar-refractivity contribution in [3.63, 3.8) is 0 Å². The molecule has 1 aliphatic rings. The zero-order valence-electron chi connectivity index (χ0n) is 47.7. The van der Waals surface area contributed by atoms with Gasteiger partial charge in [-0.05, 0) is 155 Å². The van der Waals surface area contributed by atoms with Crippen LogP contribution in [0.15, 0.2) is 340 Å². The van der Waals surface area contributed by atoms with Crippen LogP contribution >= 0.6 is 0 Å². The third kappa shape index (κ3) is 8.17. The average molecular weight is 1110 g/mol. The van der Waals surface area contributed by atoms with Crippen LogP contribution < -0.4 is 0 Å². The first-order valence-electron chi connectivity index (χ1n) is 30.1. The van der Waals surface area contributed by atoms with E-state index in [4.69, 9.17) is 0 Å². The van der Waals surface area contributed by atoms with Crippen LogP contribution in [0.2, 0.25) is 0 Å². The second kappa shape index (κ2) is 20.5. The van der Waals surface area contributed by atoms with Crippen molar-refractivity contribution in [2.45, 2.75) is 5.41 Å². The standard InChI is InChI=1S/C85H56N2/c1-3-19-57(20-4-1)60-45-49-68(50-46-60)85(78-32-12-7-28-72(78)73-29-8-13-33-79(73)85)69-25-17-23-64(53-69)61-41-37-58(38-42-61)59-39-43-62(44-40-59)65-24-18-26-70(54-65)86-81-35-15-10-30-74(81)76-55-66(47-51-83(76)86)67-48-52-84-77(56-67)75-31-11-16-36-82(75)87(84)80-34-14-9-27-71(80)63-21-5-2-6-22-63/h1-56H. The Morgan fingerprint density at radius 2 is 0.575 bits per heavy atom. The Labute approximate surface area is 506 Å². The normalized spacial score (nSPS) is 12.5. The molecule has 0 saturated carbocycles. The van der Waals surface area contributed by atoms with E-state index < -0.39 is 5.41 Å². The van der Waals surface area contributed by atoms with Gasteiger partial charge in [-0.2, -0.15) is 0 Å². The summed E-state index contributed by atoms with van der Waals surface area (Å²) < 4.78 is 4.87. The van der Waals surface area contributed by atoms with Crippen LogP contribution in [-0.4, -0.2) is 9.13 Å². The maximum absolute atomic E-state index is 2.44. The number of hydrogen-bond acceptors (Lipinski definition) is 0. The number of nitrogens with zero attached hydrogens (tertiary/aromatic N) is 2. The number of benzene rings is 14. The molecule has 2 heterocycles. The Balaban J connectivity index is 0.671. The lowest BCUT2D eigenvalue weighted by Gasteiger charge is -2.34. The summed E-state index contributed by atoms with van der Waals surface area (Å²) in [7, 11) is 0. The summed E-state index contributed by atoms with van der Waals surface area (Å²) in [5.41, 5.74) is 28.6. The summed E-state index contributed by atoms with van der Waals surface area (Å²) in [6.07, 6.45) is 0. The molecule has 0 aliphatic heterocycles. The predicted octanol–water partition coefficient (Wildman–Crippen LogP) is 22.2. The summed E-state index contributed by atoms with van der Waals surface area (Å²) >= 11 is 0. The molecule has 0 fully saturated rings. The van der Waals surface area contributed by atoms with Crippen LogP contribution in [0.1, 0.15) is 22.3 Å². The van der Waals surface area contributed by atoms with Gasteiger partial charge in [-0.1, -0.05) is 279 Å². The van der Waals surface area contributed by atoms with Crippen molar-refractivity contribution >= 4 is 43.6 Å². The largest absolute Gasteiger partial charge is 0.309 e. The highest BCUT2D eigenvalue weighted by atomic mass is 15.0. The van der Waals surface area contributed by atoms with Crippen LogP contribution in [0, 0.1) is 0 Å².